The van der Waals surface area contributed by atoms with Crippen molar-refractivity contribution in [2.24, 2.45) is 0 Å². The van der Waals surface area contributed by atoms with E-state index in [2.05, 4.69) is 24.8 Å². The summed E-state index contributed by atoms with van der Waals surface area (Å²) in [5.74, 6) is 1.07. The zero-order chi connectivity index (χ0) is 25.3. The van der Waals surface area contributed by atoms with E-state index in [0.29, 0.717) is 28.4 Å². The first kappa shape index (κ1) is 25.1. The van der Waals surface area contributed by atoms with Crippen molar-refractivity contribution in [3.8, 4) is 17.2 Å². The summed E-state index contributed by atoms with van der Waals surface area (Å²) < 4.78 is 32.8. The van der Waals surface area contributed by atoms with Crippen molar-refractivity contribution in [3.05, 3.63) is 30.4 Å². The van der Waals surface area contributed by atoms with Gasteiger partial charge in [0.15, 0.2) is 23.2 Å². The highest BCUT2D eigenvalue weighted by Crippen LogP contribution is 2.39. The predicted molar refractivity (Wildman–Crippen MR) is 118 cm³/mol. The van der Waals surface area contributed by atoms with Gasteiger partial charge in [-0.25, -0.2) is 19.5 Å². The number of fused-ring (bicyclic) bond motifs is 1. The number of aliphatic hydroxyl groups is 2. The van der Waals surface area contributed by atoms with Crippen molar-refractivity contribution in [1.29, 1.82) is 0 Å². The molecule has 0 spiro atoms. The van der Waals surface area contributed by atoms with Crippen LogP contribution in [-0.4, -0.2) is 83.8 Å². The number of benzene rings is 1. The maximum Gasteiger partial charge on any atom is 0.469 e. The second kappa shape index (κ2) is 9.91. The molecule has 0 amide bonds. The Labute approximate surface area is 198 Å². The van der Waals surface area contributed by atoms with E-state index in [4.69, 9.17) is 24.0 Å². The summed E-state index contributed by atoms with van der Waals surface area (Å²) >= 11 is 0. The number of phosphoric acid groups is 1. The molecule has 0 aliphatic carbocycles. The number of aromatic nitrogens is 4. The first-order valence-electron chi connectivity index (χ1n) is 10.2. The van der Waals surface area contributed by atoms with Crippen LogP contribution >= 0.6 is 7.82 Å². The van der Waals surface area contributed by atoms with Crippen molar-refractivity contribution in [1.82, 2.24) is 19.5 Å². The first-order valence-corrected chi connectivity index (χ1v) is 11.7. The molecule has 16 heteroatoms. The second-order valence-electron chi connectivity index (χ2n) is 7.56. The number of ether oxygens (including phenoxy) is 3. The maximum atomic E-state index is 11.0. The van der Waals surface area contributed by atoms with Crippen LogP contribution < -0.4 is 14.8 Å². The van der Waals surface area contributed by atoms with Gasteiger partial charge in [-0.3, -0.25) is 9.09 Å². The molecule has 1 saturated heterocycles. The van der Waals surface area contributed by atoms with E-state index >= 15 is 0 Å². The van der Waals surface area contributed by atoms with E-state index in [-0.39, 0.29) is 17.9 Å². The number of phosphoric ester groups is 1. The number of imidazole rings is 1. The summed E-state index contributed by atoms with van der Waals surface area (Å²) in [5, 5.41) is 34.1. The topological polar surface area (TPSA) is 211 Å². The third kappa shape index (κ3) is 5.16. The molecular formula is C19H24N5O10P. The molecule has 1 aliphatic heterocycles. The highest BCUT2D eigenvalue weighted by Gasteiger charge is 2.45. The normalized spacial score (nSPS) is 22.5. The summed E-state index contributed by atoms with van der Waals surface area (Å²) in [6, 6.07) is 3.07. The number of anilines is 1. The number of rotatable bonds is 9. The van der Waals surface area contributed by atoms with Crippen molar-refractivity contribution in [3.63, 3.8) is 0 Å². The average molecular weight is 513 g/mol. The van der Waals surface area contributed by atoms with E-state index < -0.39 is 39.0 Å². The molecule has 190 valence electrons. The molecule has 1 aromatic carbocycles. The molecule has 35 heavy (non-hydrogen) atoms. The summed E-state index contributed by atoms with van der Waals surface area (Å²) in [6.07, 6.45) is -2.72. The Morgan fingerprint density at radius 3 is 2.60 bits per heavy atom. The van der Waals surface area contributed by atoms with Crippen LogP contribution in [0.1, 0.15) is 11.8 Å². The molecule has 0 unspecified atom stereocenters. The van der Waals surface area contributed by atoms with Crippen molar-refractivity contribution >= 4 is 24.8 Å². The minimum absolute atomic E-state index is 0.0513. The summed E-state index contributed by atoms with van der Waals surface area (Å²) in [4.78, 5) is 30.4. The van der Waals surface area contributed by atoms with Crippen LogP contribution in [0.5, 0.6) is 17.2 Å². The molecule has 15 nitrogen and oxygen atoms in total. The van der Waals surface area contributed by atoms with Gasteiger partial charge in [-0.2, -0.15) is 0 Å². The monoisotopic (exact) mass is 513 g/mol. The Hall–Kier alpha value is -3.04. The minimum atomic E-state index is -4.79. The maximum absolute atomic E-state index is 11.0. The molecule has 0 bridgehead atoms. The van der Waals surface area contributed by atoms with Crippen molar-refractivity contribution in [2.45, 2.75) is 31.1 Å². The van der Waals surface area contributed by atoms with Crippen LogP contribution in [0, 0.1) is 0 Å². The van der Waals surface area contributed by atoms with E-state index in [9.17, 15) is 19.9 Å². The quantitative estimate of drug-likeness (QED) is 0.206. The van der Waals surface area contributed by atoms with Crippen LogP contribution in [0.3, 0.4) is 0 Å². The second-order valence-corrected chi connectivity index (χ2v) is 8.80. The average Bonchev–Trinajstić information content (AvgIpc) is 3.37. The molecule has 6 N–H and O–H groups in total. The Bertz CT molecular complexity index is 1250. The Morgan fingerprint density at radius 2 is 1.91 bits per heavy atom. The van der Waals surface area contributed by atoms with E-state index in [1.807, 2.05) is 0 Å². The minimum Gasteiger partial charge on any atom is -0.507 e. The summed E-state index contributed by atoms with van der Waals surface area (Å²) in [5.41, 5.74) is 1.01. The number of phenols is 1. The zero-order valence-electron chi connectivity index (χ0n) is 18.5. The van der Waals surface area contributed by atoms with Gasteiger partial charge in [0, 0.05) is 18.7 Å². The molecule has 1 aliphatic rings. The van der Waals surface area contributed by atoms with E-state index in [1.54, 1.807) is 6.07 Å². The summed E-state index contributed by atoms with van der Waals surface area (Å²) in [7, 11) is -1.86. The first-order chi connectivity index (χ1) is 16.6. The lowest BCUT2D eigenvalue weighted by Gasteiger charge is -2.17. The van der Waals surface area contributed by atoms with Gasteiger partial charge in [0.2, 0.25) is 0 Å². The van der Waals surface area contributed by atoms with Gasteiger partial charge in [0.1, 0.15) is 41.9 Å². The number of aromatic hydroxyl groups is 1. The molecule has 3 aromatic rings. The van der Waals surface area contributed by atoms with Gasteiger partial charge in [0.05, 0.1) is 32.7 Å². The van der Waals surface area contributed by atoms with Crippen LogP contribution in [0.15, 0.2) is 24.8 Å². The van der Waals surface area contributed by atoms with Gasteiger partial charge < -0.3 is 44.6 Å². The lowest BCUT2D eigenvalue weighted by atomic mass is 10.1. The van der Waals surface area contributed by atoms with Gasteiger partial charge in [0.25, 0.3) is 0 Å². The highest BCUT2D eigenvalue weighted by atomic mass is 31.2. The number of hydrogen-bond acceptors (Lipinski definition) is 12. The lowest BCUT2D eigenvalue weighted by Crippen LogP contribution is -2.33. The van der Waals surface area contributed by atoms with Gasteiger partial charge in [-0.05, 0) is 0 Å². The molecular weight excluding hydrogens is 489 g/mol. The molecule has 4 atom stereocenters. The van der Waals surface area contributed by atoms with Crippen LogP contribution in [0.25, 0.3) is 11.2 Å². The van der Waals surface area contributed by atoms with Gasteiger partial charge in [-0.15, -0.1) is 0 Å². The van der Waals surface area contributed by atoms with Crippen LogP contribution in [-0.2, 0) is 20.4 Å². The smallest absolute Gasteiger partial charge is 0.469 e. The number of phenolic OH excluding ortho intramolecular Hbond substituents is 1. The molecule has 1 fully saturated rings. The molecule has 3 heterocycles. The van der Waals surface area contributed by atoms with Gasteiger partial charge in [-0.1, -0.05) is 0 Å². The number of hydrogen-bond donors (Lipinski definition) is 6. The fourth-order valence-electron chi connectivity index (χ4n) is 3.69. The third-order valence-corrected chi connectivity index (χ3v) is 5.91. The lowest BCUT2D eigenvalue weighted by molar-refractivity contribution is -0.0504. The Morgan fingerprint density at radius 1 is 1.14 bits per heavy atom. The number of methoxy groups -OCH3 is 2. The summed E-state index contributed by atoms with van der Waals surface area (Å²) in [6.45, 7) is -0.526. The Kier molecular flexibility index (Phi) is 7.10. The van der Waals surface area contributed by atoms with E-state index in [0.717, 1.165) is 0 Å². The molecule has 4 rings (SSSR count). The number of nitrogens with one attached hydrogen (secondary N) is 1. The standard InChI is InChI=1S/C19H24N5O10P/c1-31-9-3-11(25)10(12(4-9)32-2)5-20-17-14-18(22-7-21-17)24(8-23-14)19-16(27)15(26)13(34-19)6-33-35(28,29)30/h3-4,7-8,13,15-16,19,25-27H,5-6H2,1-2H3,(H,20,21,22)(H2,28,29,30)/t13-,15-,16-,19-/m1/s1. The van der Waals surface area contributed by atoms with Gasteiger partial charge >= 0.3 is 7.82 Å². The zero-order valence-corrected chi connectivity index (χ0v) is 19.4. The number of aliphatic hydroxyl groups excluding tert-OH is 2. The van der Waals surface area contributed by atoms with E-state index in [1.165, 1.54) is 37.5 Å². The fraction of sp³-hybridized carbons (Fsp3) is 0.421. The SMILES string of the molecule is COc1cc(O)c(CNc2ncnc3c2ncn3[C@@H]2O[C@H](COP(=O)(O)O)[C@@H](O)[C@H]2O)c(OC)c1. The van der Waals surface area contributed by atoms with Crippen LogP contribution in [0.4, 0.5) is 5.82 Å². The molecule has 2 aromatic heterocycles. The van der Waals surface area contributed by atoms with Crippen LogP contribution in [0.2, 0.25) is 0 Å². The predicted octanol–water partition coefficient (Wildman–Crippen LogP) is -0.110. The fourth-order valence-corrected chi connectivity index (χ4v) is 4.03. The molecule has 0 radical (unpaired) electrons. The number of nitrogens with zero attached hydrogens (tertiary/aromatic N) is 4. The Balaban J connectivity index is 1.56. The largest absolute Gasteiger partial charge is 0.507 e. The van der Waals surface area contributed by atoms with Crippen molar-refractivity contribution < 1.29 is 48.4 Å². The van der Waals surface area contributed by atoms with Crippen molar-refractivity contribution in [2.75, 3.05) is 26.1 Å². The highest BCUT2D eigenvalue weighted by molar-refractivity contribution is 7.46. The molecule has 0 saturated carbocycles. The third-order valence-electron chi connectivity index (χ3n) is 5.42.